The second-order valence-electron chi connectivity index (χ2n) is 5.96. The van der Waals surface area contributed by atoms with Gasteiger partial charge in [-0.25, -0.2) is 0 Å². The predicted octanol–water partition coefficient (Wildman–Crippen LogP) is 3.03. The minimum atomic E-state index is -0.0683. The van der Waals surface area contributed by atoms with Crippen molar-refractivity contribution in [2.45, 2.75) is 76.3 Å². The van der Waals surface area contributed by atoms with Crippen LogP contribution in [0.3, 0.4) is 0 Å². The summed E-state index contributed by atoms with van der Waals surface area (Å²) in [4.78, 5) is 11.9. The lowest BCUT2D eigenvalue weighted by molar-refractivity contribution is -0.144. The van der Waals surface area contributed by atoms with Crippen LogP contribution in [0.2, 0.25) is 0 Å². The van der Waals surface area contributed by atoms with Gasteiger partial charge in [-0.1, -0.05) is 44.9 Å². The largest absolute Gasteiger partial charge is 0.468 e. The molecule has 0 spiro atoms. The number of rotatable bonds is 5. The summed E-state index contributed by atoms with van der Waals surface area (Å²) in [6.45, 7) is 0. The number of nitrogens with one attached hydrogen (secondary N) is 1. The van der Waals surface area contributed by atoms with Gasteiger partial charge in [0.2, 0.25) is 0 Å². The van der Waals surface area contributed by atoms with E-state index in [9.17, 15) is 4.79 Å². The highest BCUT2D eigenvalue weighted by Crippen LogP contribution is 2.28. The van der Waals surface area contributed by atoms with E-state index in [1.54, 1.807) is 0 Å². The summed E-state index contributed by atoms with van der Waals surface area (Å²) in [6.07, 6.45) is 12.6. The van der Waals surface area contributed by atoms with Crippen molar-refractivity contribution >= 4 is 5.97 Å². The average molecular weight is 253 g/mol. The van der Waals surface area contributed by atoms with E-state index in [-0.39, 0.29) is 12.0 Å². The molecule has 3 heteroatoms. The molecule has 2 aliphatic rings. The van der Waals surface area contributed by atoms with Crippen LogP contribution in [0.15, 0.2) is 0 Å². The highest BCUT2D eigenvalue weighted by atomic mass is 16.5. The summed E-state index contributed by atoms with van der Waals surface area (Å²) in [6, 6.07) is 0.471. The molecular formula is C15H27NO2. The third kappa shape index (κ3) is 3.98. The Hall–Kier alpha value is -0.570. The Morgan fingerprint density at radius 2 is 1.72 bits per heavy atom. The van der Waals surface area contributed by atoms with Crippen molar-refractivity contribution in [3.05, 3.63) is 0 Å². The summed E-state index contributed by atoms with van der Waals surface area (Å²) in [5.74, 6) is 0.657. The normalized spacial score (nSPS) is 24.1. The fourth-order valence-corrected chi connectivity index (χ4v) is 3.51. The molecule has 0 heterocycles. The summed E-state index contributed by atoms with van der Waals surface area (Å²) >= 11 is 0. The Balaban J connectivity index is 1.84. The predicted molar refractivity (Wildman–Crippen MR) is 72.4 cm³/mol. The molecule has 1 unspecified atom stereocenters. The minimum Gasteiger partial charge on any atom is -0.468 e. The zero-order valence-electron chi connectivity index (χ0n) is 11.6. The molecule has 0 saturated heterocycles. The maximum absolute atomic E-state index is 11.9. The maximum atomic E-state index is 11.9. The van der Waals surface area contributed by atoms with Crippen molar-refractivity contribution in [1.82, 2.24) is 5.32 Å². The smallest absolute Gasteiger partial charge is 0.322 e. The molecule has 1 atom stereocenters. The Morgan fingerprint density at radius 1 is 1.11 bits per heavy atom. The van der Waals surface area contributed by atoms with Crippen molar-refractivity contribution in [3.63, 3.8) is 0 Å². The van der Waals surface area contributed by atoms with Crippen LogP contribution in [0.25, 0.3) is 0 Å². The van der Waals surface area contributed by atoms with Gasteiger partial charge in [-0.15, -0.1) is 0 Å². The third-order valence-electron chi connectivity index (χ3n) is 4.57. The zero-order chi connectivity index (χ0) is 12.8. The van der Waals surface area contributed by atoms with Crippen molar-refractivity contribution in [2.75, 3.05) is 7.11 Å². The number of hydrogen-bond donors (Lipinski definition) is 1. The van der Waals surface area contributed by atoms with Gasteiger partial charge in [-0.05, 0) is 25.2 Å². The summed E-state index contributed by atoms with van der Waals surface area (Å²) in [5, 5.41) is 3.54. The fraction of sp³-hybridized carbons (Fsp3) is 0.933. The fourth-order valence-electron chi connectivity index (χ4n) is 3.51. The van der Waals surface area contributed by atoms with Crippen molar-refractivity contribution in [1.29, 1.82) is 0 Å². The van der Waals surface area contributed by atoms with E-state index in [0.717, 1.165) is 12.3 Å². The first-order valence-corrected chi connectivity index (χ1v) is 7.63. The number of carbonyl (C=O) groups is 1. The van der Waals surface area contributed by atoms with E-state index in [4.69, 9.17) is 4.74 Å². The quantitative estimate of drug-likeness (QED) is 0.765. The van der Waals surface area contributed by atoms with Crippen LogP contribution in [-0.4, -0.2) is 25.2 Å². The first-order valence-electron chi connectivity index (χ1n) is 7.63. The Bertz CT molecular complexity index is 255. The molecule has 0 aliphatic heterocycles. The van der Waals surface area contributed by atoms with Crippen LogP contribution in [0.4, 0.5) is 0 Å². The Morgan fingerprint density at radius 3 is 2.33 bits per heavy atom. The van der Waals surface area contributed by atoms with Crippen LogP contribution >= 0.6 is 0 Å². The Labute approximate surface area is 111 Å². The number of ether oxygens (including phenoxy) is 1. The van der Waals surface area contributed by atoms with Crippen LogP contribution in [0.1, 0.15) is 64.2 Å². The molecule has 0 radical (unpaired) electrons. The summed E-state index contributed by atoms with van der Waals surface area (Å²) in [7, 11) is 1.51. The molecule has 104 valence electrons. The van der Waals surface area contributed by atoms with Crippen LogP contribution in [0, 0.1) is 5.92 Å². The standard InChI is InChI=1S/C15H27NO2/c1-18-15(17)14(16-13-9-5-6-10-13)11-12-7-3-2-4-8-12/h12-14,16H,2-11H2,1H3. The average Bonchev–Trinajstić information content (AvgIpc) is 2.91. The van der Waals surface area contributed by atoms with Gasteiger partial charge in [0.1, 0.15) is 6.04 Å². The van der Waals surface area contributed by atoms with E-state index < -0.39 is 0 Å². The van der Waals surface area contributed by atoms with Crippen LogP contribution < -0.4 is 5.32 Å². The second kappa shape index (κ2) is 7.13. The van der Waals surface area contributed by atoms with Crippen molar-refractivity contribution < 1.29 is 9.53 Å². The first-order chi connectivity index (χ1) is 8.79. The molecule has 0 aromatic carbocycles. The molecular weight excluding hydrogens is 226 g/mol. The molecule has 2 rings (SSSR count). The number of carbonyl (C=O) groups excluding carboxylic acids is 1. The van der Waals surface area contributed by atoms with Gasteiger partial charge in [-0.3, -0.25) is 4.79 Å². The van der Waals surface area contributed by atoms with E-state index >= 15 is 0 Å². The van der Waals surface area contributed by atoms with Crippen molar-refractivity contribution in [2.24, 2.45) is 5.92 Å². The molecule has 2 saturated carbocycles. The van der Waals surface area contributed by atoms with Gasteiger partial charge >= 0.3 is 5.97 Å². The number of esters is 1. The SMILES string of the molecule is COC(=O)C(CC1CCCCC1)NC1CCCC1. The number of methoxy groups -OCH3 is 1. The van der Waals surface area contributed by atoms with E-state index in [0.29, 0.717) is 6.04 Å². The van der Waals surface area contributed by atoms with Gasteiger partial charge in [0.25, 0.3) is 0 Å². The van der Waals surface area contributed by atoms with E-state index in [1.165, 1.54) is 64.9 Å². The monoisotopic (exact) mass is 253 g/mol. The lowest BCUT2D eigenvalue weighted by Gasteiger charge is -2.27. The molecule has 18 heavy (non-hydrogen) atoms. The van der Waals surface area contributed by atoms with Crippen LogP contribution in [0.5, 0.6) is 0 Å². The van der Waals surface area contributed by atoms with Gasteiger partial charge in [0.05, 0.1) is 7.11 Å². The van der Waals surface area contributed by atoms with E-state index in [2.05, 4.69) is 5.32 Å². The molecule has 0 bridgehead atoms. The third-order valence-corrected chi connectivity index (χ3v) is 4.57. The van der Waals surface area contributed by atoms with Gasteiger partial charge in [0, 0.05) is 6.04 Å². The molecule has 0 aromatic heterocycles. The lowest BCUT2D eigenvalue weighted by atomic mass is 9.84. The Kier molecular flexibility index (Phi) is 5.48. The molecule has 0 amide bonds. The van der Waals surface area contributed by atoms with Gasteiger partial charge < -0.3 is 10.1 Å². The minimum absolute atomic E-state index is 0.0625. The second-order valence-corrected chi connectivity index (χ2v) is 5.96. The van der Waals surface area contributed by atoms with E-state index in [1.807, 2.05) is 0 Å². The van der Waals surface area contributed by atoms with Gasteiger partial charge in [-0.2, -0.15) is 0 Å². The molecule has 2 aliphatic carbocycles. The molecule has 2 fully saturated rings. The molecule has 1 N–H and O–H groups in total. The topological polar surface area (TPSA) is 38.3 Å². The summed E-state index contributed by atoms with van der Waals surface area (Å²) in [5.41, 5.74) is 0. The highest BCUT2D eigenvalue weighted by molar-refractivity contribution is 5.75. The zero-order valence-corrected chi connectivity index (χ0v) is 11.6. The van der Waals surface area contributed by atoms with Crippen molar-refractivity contribution in [3.8, 4) is 0 Å². The van der Waals surface area contributed by atoms with Gasteiger partial charge in [0.15, 0.2) is 0 Å². The summed E-state index contributed by atoms with van der Waals surface area (Å²) < 4.78 is 4.96. The first kappa shape index (κ1) is 13.9. The molecule has 0 aromatic rings. The highest BCUT2D eigenvalue weighted by Gasteiger charge is 2.28. The number of hydrogen-bond acceptors (Lipinski definition) is 3. The molecule has 3 nitrogen and oxygen atoms in total. The van der Waals surface area contributed by atoms with Crippen LogP contribution in [-0.2, 0) is 9.53 Å². The maximum Gasteiger partial charge on any atom is 0.322 e. The lowest BCUT2D eigenvalue weighted by Crippen LogP contribution is -2.44.